The van der Waals surface area contributed by atoms with E-state index in [4.69, 9.17) is 15.2 Å². The van der Waals surface area contributed by atoms with Crippen LogP contribution in [0.4, 0.5) is 0 Å². The van der Waals surface area contributed by atoms with Gasteiger partial charge >= 0.3 is 5.97 Å². The molecular formula is C14H20ClNO3. The van der Waals surface area contributed by atoms with Gasteiger partial charge in [-0.1, -0.05) is 18.9 Å². The second-order valence-electron chi connectivity index (χ2n) is 4.79. The van der Waals surface area contributed by atoms with E-state index in [9.17, 15) is 4.79 Å². The zero-order chi connectivity index (χ0) is 13.1. The molecule has 0 aliphatic heterocycles. The number of carbonyl (C=O) groups is 1. The number of benzene rings is 1. The van der Waals surface area contributed by atoms with Gasteiger partial charge in [-0.05, 0) is 30.0 Å². The fraction of sp³-hybridized carbons (Fsp3) is 0.500. The molecule has 1 fully saturated rings. The monoisotopic (exact) mass is 285 g/mol. The van der Waals surface area contributed by atoms with E-state index in [2.05, 4.69) is 0 Å². The van der Waals surface area contributed by atoms with Crippen LogP contribution < -0.4 is 15.2 Å². The van der Waals surface area contributed by atoms with Crippen LogP contribution in [0.15, 0.2) is 18.2 Å². The molecule has 2 N–H and O–H groups in total. The molecule has 1 aromatic carbocycles. The molecule has 0 spiro atoms. The molecule has 1 saturated carbocycles. The Labute approximate surface area is 119 Å². The van der Waals surface area contributed by atoms with Crippen LogP contribution >= 0.6 is 12.4 Å². The number of halogens is 1. The first kappa shape index (κ1) is 15.8. The molecule has 1 aliphatic carbocycles. The fourth-order valence-electron chi connectivity index (χ4n) is 2.00. The molecule has 106 valence electrons. The predicted octanol–water partition coefficient (Wildman–Crippen LogP) is 2.84. The summed E-state index contributed by atoms with van der Waals surface area (Å²) in [5.74, 6) is 1.41. The van der Waals surface area contributed by atoms with Gasteiger partial charge in [-0.25, -0.2) is 0 Å². The average molecular weight is 286 g/mol. The molecule has 1 aliphatic rings. The highest BCUT2D eigenvalue weighted by Crippen LogP contribution is 2.38. The molecule has 19 heavy (non-hydrogen) atoms. The van der Waals surface area contributed by atoms with Crippen molar-refractivity contribution < 1.29 is 14.3 Å². The molecule has 5 heteroatoms. The van der Waals surface area contributed by atoms with Gasteiger partial charge in [0.1, 0.15) is 0 Å². The summed E-state index contributed by atoms with van der Waals surface area (Å²) in [7, 11) is 1.55. The Balaban J connectivity index is 0.00000180. The van der Waals surface area contributed by atoms with Gasteiger partial charge in [-0.15, -0.1) is 12.4 Å². The van der Waals surface area contributed by atoms with E-state index in [-0.39, 0.29) is 24.4 Å². The summed E-state index contributed by atoms with van der Waals surface area (Å²) in [6.45, 7) is 1.37. The molecule has 0 unspecified atom stereocenters. The van der Waals surface area contributed by atoms with Gasteiger partial charge in [0.2, 0.25) is 0 Å². The highest BCUT2D eigenvalue weighted by atomic mass is 35.5. The lowest BCUT2D eigenvalue weighted by molar-refractivity contribution is -0.132. The fourth-order valence-corrected chi connectivity index (χ4v) is 2.00. The molecule has 0 heterocycles. The minimum Gasteiger partial charge on any atom is -0.493 e. The van der Waals surface area contributed by atoms with Crippen molar-refractivity contribution in [1.82, 2.24) is 0 Å². The number of ether oxygens (including phenoxy) is 2. The highest BCUT2D eigenvalue weighted by Gasteiger charge is 2.25. The second-order valence-corrected chi connectivity index (χ2v) is 4.79. The van der Waals surface area contributed by atoms with E-state index in [1.807, 2.05) is 12.1 Å². The van der Waals surface area contributed by atoms with Crippen LogP contribution in [-0.4, -0.2) is 13.1 Å². The third kappa shape index (κ3) is 4.40. The van der Waals surface area contributed by atoms with E-state index in [0.29, 0.717) is 11.5 Å². The van der Waals surface area contributed by atoms with E-state index in [0.717, 1.165) is 17.9 Å². The first-order valence-electron chi connectivity index (χ1n) is 6.22. The maximum atomic E-state index is 11.0. The molecule has 0 saturated heterocycles. The molecule has 1 aromatic rings. The Bertz CT molecular complexity index is 446. The lowest BCUT2D eigenvalue weighted by atomic mass is 10.0. The zero-order valence-electron chi connectivity index (χ0n) is 11.2. The third-order valence-corrected chi connectivity index (χ3v) is 3.15. The molecule has 0 bridgehead atoms. The summed E-state index contributed by atoms with van der Waals surface area (Å²) in [5.41, 5.74) is 7.17. The van der Waals surface area contributed by atoms with Crippen LogP contribution in [0.2, 0.25) is 0 Å². The first-order valence-corrected chi connectivity index (χ1v) is 6.22. The van der Waals surface area contributed by atoms with Crippen molar-refractivity contribution in [1.29, 1.82) is 0 Å². The van der Waals surface area contributed by atoms with Crippen molar-refractivity contribution >= 4 is 18.4 Å². The van der Waals surface area contributed by atoms with Crippen molar-refractivity contribution in [2.45, 2.75) is 32.2 Å². The van der Waals surface area contributed by atoms with Gasteiger partial charge in [-0.3, -0.25) is 4.79 Å². The van der Waals surface area contributed by atoms with E-state index in [1.165, 1.54) is 19.8 Å². The smallest absolute Gasteiger partial charge is 0.308 e. The van der Waals surface area contributed by atoms with E-state index in [1.54, 1.807) is 13.2 Å². The first-order chi connectivity index (χ1) is 8.60. The normalized spacial score (nSPS) is 15.3. The van der Waals surface area contributed by atoms with Crippen molar-refractivity contribution in [2.24, 2.45) is 11.7 Å². The van der Waals surface area contributed by atoms with Gasteiger partial charge in [0, 0.05) is 13.0 Å². The van der Waals surface area contributed by atoms with Crippen molar-refractivity contribution in [3.63, 3.8) is 0 Å². The number of methoxy groups -OCH3 is 1. The lowest BCUT2D eigenvalue weighted by Gasteiger charge is -2.14. The molecule has 4 nitrogen and oxygen atoms in total. The van der Waals surface area contributed by atoms with Crippen LogP contribution in [0.5, 0.6) is 11.5 Å². The molecule has 0 aromatic heterocycles. The number of rotatable bonds is 5. The van der Waals surface area contributed by atoms with Gasteiger partial charge < -0.3 is 15.2 Å². The molecular weight excluding hydrogens is 266 g/mol. The maximum absolute atomic E-state index is 11.0. The van der Waals surface area contributed by atoms with Gasteiger partial charge in [-0.2, -0.15) is 0 Å². The summed E-state index contributed by atoms with van der Waals surface area (Å²) in [5, 5.41) is 0. The predicted molar refractivity (Wildman–Crippen MR) is 75.8 cm³/mol. The quantitative estimate of drug-likeness (QED) is 0.667. The van der Waals surface area contributed by atoms with Crippen LogP contribution in [0.1, 0.15) is 37.8 Å². The van der Waals surface area contributed by atoms with Crippen molar-refractivity contribution in [3.8, 4) is 11.5 Å². The Morgan fingerprint density at radius 3 is 2.63 bits per heavy atom. The molecule has 1 atom stereocenters. The summed E-state index contributed by atoms with van der Waals surface area (Å²) in [6.07, 6.45) is 3.59. The number of hydrogen-bond donors (Lipinski definition) is 1. The molecule has 2 rings (SSSR count). The summed E-state index contributed by atoms with van der Waals surface area (Å²) in [6, 6.07) is 5.51. The Morgan fingerprint density at radius 1 is 1.42 bits per heavy atom. The minimum absolute atomic E-state index is 0. The summed E-state index contributed by atoms with van der Waals surface area (Å²) < 4.78 is 10.3. The third-order valence-electron chi connectivity index (χ3n) is 3.15. The zero-order valence-corrected chi connectivity index (χ0v) is 12.0. The Morgan fingerprint density at radius 2 is 2.11 bits per heavy atom. The number of nitrogens with two attached hydrogens (primary N) is 1. The van der Waals surface area contributed by atoms with Gasteiger partial charge in [0.05, 0.1) is 7.11 Å². The molecule has 0 amide bonds. The number of hydrogen-bond acceptors (Lipinski definition) is 4. The highest BCUT2D eigenvalue weighted by molar-refractivity contribution is 5.85. The average Bonchev–Trinajstić information content (AvgIpc) is 3.12. The van der Waals surface area contributed by atoms with E-state index >= 15 is 0 Å². The summed E-state index contributed by atoms with van der Waals surface area (Å²) >= 11 is 0. The van der Waals surface area contributed by atoms with Gasteiger partial charge in [0.25, 0.3) is 0 Å². The van der Waals surface area contributed by atoms with Crippen LogP contribution in [0, 0.1) is 5.92 Å². The largest absolute Gasteiger partial charge is 0.493 e. The van der Waals surface area contributed by atoms with Gasteiger partial charge in [0.15, 0.2) is 11.5 Å². The Kier molecular flexibility index (Phi) is 5.63. The topological polar surface area (TPSA) is 61.6 Å². The van der Waals surface area contributed by atoms with Crippen LogP contribution in [0.25, 0.3) is 0 Å². The molecule has 0 radical (unpaired) electrons. The Hall–Kier alpha value is -1.26. The van der Waals surface area contributed by atoms with Crippen molar-refractivity contribution in [3.05, 3.63) is 23.8 Å². The van der Waals surface area contributed by atoms with Crippen LogP contribution in [0.3, 0.4) is 0 Å². The number of esters is 1. The van der Waals surface area contributed by atoms with Crippen molar-refractivity contribution in [2.75, 3.05) is 7.11 Å². The van der Waals surface area contributed by atoms with Crippen LogP contribution in [-0.2, 0) is 4.79 Å². The lowest BCUT2D eigenvalue weighted by Crippen LogP contribution is -2.11. The second kappa shape index (κ2) is 6.78. The van der Waals surface area contributed by atoms with E-state index < -0.39 is 0 Å². The SMILES string of the molecule is COc1cc([C@@H](N)CC2CC2)ccc1OC(C)=O.Cl. The minimum atomic E-state index is -0.358. The summed E-state index contributed by atoms with van der Waals surface area (Å²) in [4.78, 5) is 11.0. The number of carbonyl (C=O) groups excluding carboxylic acids is 1. The standard InChI is InChI=1S/C14H19NO3.ClH/c1-9(16)18-13-6-5-11(8-14(13)17-2)12(15)7-10-3-4-10;/h5-6,8,10,12H,3-4,7,15H2,1-2H3;1H/t12-;/m0./s1. The maximum Gasteiger partial charge on any atom is 0.308 e.